The summed E-state index contributed by atoms with van der Waals surface area (Å²) in [4.78, 5) is 36.2. The molecule has 2 amide bonds. The normalized spacial score (nSPS) is 25.4. The molecule has 310 valence electrons. The van der Waals surface area contributed by atoms with Crippen LogP contribution in [0.4, 0.5) is 9.59 Å². The molecular formula is C42H70N4O8Si. The average molecular weight is 787 g/mol. The van der Waals surface area contributed by atoms with Crippen molar-refractivity contribution in [3.05, 3.63) is 59.2 Å². The summed E-state index contributed by atoms with van der Waals surface area (Å²) in [5.74, 6) is 0. The molecule has 2 aliphatic heterocycles. The molecule has 0 radical (unpaired) electrons. The highest BCUT2D eigenvalue weighted by atomic mass is 28.4. The molecule has 13 heteroatoms. The minimum absolute atomic E-state index is 0.0558. The number of hydrogen-bond donors (Lipinski definition) is 3. The average Bonchev–Trinajstić information content (AvgIpc) is 3.39. The number of pyridine rings is 2. The number of ether oxygens (including phenoxy) is 2. The molecule has 3 N–H and O–H groups in total. The number of aromatic nitrogens is 2. The van der Waals surface area contributed by atoms with Crippen molar-refractivity contribution < 1.29 is 38.8 Å². The van der Waals surface area contributed by atoms with Crippen molar-refractivity contribution >= 4 is 20.5 Å². The van der Waals surface area contributed by atoms with E-state index in [0.29, 0.717) is 19.4 Å². The summed E-state index contributed by atoms with van der Waals surface area (Å²) in [6, 6.07) is 7.84. The Morgan fingerprint density at radius 2 is 1.11 bits per heavy atom. The van der Waals surface area contributed by atoms with E-state index in [4.69, 9.17) is 13.9 Å². The van der Waals surface area contributed by atoms with Gasteiger partial charge >= 0.3 is 12.2 Å². The first-order chi connectivity index (χ1) is 24.8. The summed E-state index contributed by atoms with van der Waals surface area (Å²) in [5.41, 5.74) is -0.745. The van der Waals surface area contributed by atoms with Gasteiger partial charge in [-0.25, -0.2) is 9.59 Å². The van der Waals surface area contributed by atoms with Gasteiger partial charge in [0.1, 0.15) is 23.7 Å². The van der Waals surface area contributed by atoms with E-state index in [2.05, 4.69) is 64.6 Å². The second kappa shape index (κ2) is 15.7. The lowest BCUT2D eigenvalue weighted by atomic mass is 9.66. The first-order valence-corrected chi connectivity index (χ1v) is 22.2. The number of aryl methyl sites for hydroxylation is 2. The Bertz CT molecular complexity index is 1680. The zero-order valence-electron chi connectivity index (χ0n) is 36.6. The molecule has 0 aliphatic carbocycles. The van der Waals surface area contributed by atoms with Gasteiger partial charge in [0.25, 0.3) is 0 Å². The van der Waals surface area contributed by atoms with E-state index in [1.807, 2.05) is 72.7 Å². The number of aliphatic hydroxyl groups is 1. The number of aliphatic hydroxyl groups excluding tert-OH is 1. The van der Waals surface area contributed by atoms with Gasteiger partial charge in [-0.05, 0) is 119 Å². The molecule has 0 spiro atoms. The van der Waals surface area contributed by atoms with Gasteiger partial charge in [-0.1, -0.05) is 62.3 Å². The van der Waals surface area contributed by atoms with Gasteiger partial charge in [-0.15, -0.1) is 0 Å². The van der Waals surface area contributed by atoms with Gasteiger partial charge in [0.2, 0.25) is 0 Å². The molecule has 0 aromatic carbocycles. The largest absolute Gasteiger partial charge is 0.465 e. The molecule has 4 heterocycles. The Morgan fingerprint density at radius 1 is 0.745 bits per heavy atom. The Morgan fingerprint density at radius 3 is 1.42 bits per heavy atom. The minimum Gasteiger partial charge on any atom is -0.465 e. The van der Waals surface area contributed by atoms with Gasteiger partial charge in [0, 0.05) is 23.8 Å². The highest BCUT2D eigenvalue weighted by Crippen LogP contribution is 2.53. The van der Waals surface area contributed by atoms with E-state index in [1.54, 1.807) is 26.2 Å². The number of hydrogen-bond acceptors (Lipinski definition) is 8. The highest BCUT2D eigenvalue weighted by Gasteiger charge is 2.66. The zero-order valence-corrected chi connectivity index (χ0v) is 37.6. The zero-order chi connectivity index (χ0) is 42.4. The van der Waals surface area contributed by atoms with Crippen LogP contribution in [0, 0.1) is 24.7 Å². The SMILES string of the molecule is Cc1cc(C[C@]2(C(C)(C)C)[C@@H](CO)OC(C)(C)N2C(=O)O)ccn1.Cc1cc(C[C@]2(C(C)(C)C)[C@@H](CO[Si](C)(C)C(C)(C)C)OC(C)(C)N2C(=O)O)ccn1. The summed E-state index contributed by atoms with van der Waals surface area (Å²) >= 11 is 0. The molecule has 0 bridgehead atoms. The quantitative estimate of drug-likeness (QED) is 0.222. The topological polar surface area (TPSA) is 155 Å². The van der Waals surface area contributed by atoms with Crippen molar-refractivity contribution in [1.29, 1.82) is 0 Å². The molecule has 2 aromatic heterocycles. The molecule has 0 unspecified atom stereocenters. The molecule has 2 aromatic rings. The van der Waals surface area contributed by atoms with E-state index in [0.717, 1.165) is 22.5 Å². The number of carboxylic acid groups (broad SMARTS) is 2. The van der Waals surface area contributed by atoms with Gasteiger partial charge in [0.15, 0.2) is 8.32 Å². The van der Waals surface area contributed by atoms with Crippen LogP contribution in [0.5, 0.6) is 0 Å². The van der Waals surface area contributed by atoms with E-state index < -0.39 is 66.1 Å². The van der Waals surface area contributed by atoms with Crippen molar-refractivity contribution in [3.8, 4) is 0 Å². The van der Waals surface area contributed by atoms with Crippen molar-refractivity contribution in [2.45, 2.75) is 170 Å². The number of amides is 2. The second-order valence-corrected chi connectivity index (χ2v) is 24.7. The lowest BCUT2D eigenvalue weighted by Crippen LogP contribution is -2.65. The summed E-state index contributed by atoms with van der Waals surface area (Å²) in [5, 5.41) is 30.3. The molecule has 4 rings (SSSR count). The van der Waals surface area contributed by atoms with Crippen LogP contribution in [-0.4, -0.2) is 104 Å². The standard InChI is InChI=1S/C24H42N2O4Si.C18H28N2O4/c1-17-14-18(12-13-25-17)15-24(21(2,3)4)19(16-29-31(10,11)22(5,6)7)30-23(8,9)26(24)20(27)28;1-12-9-13(7-8-19-12)10-18(16(2,3)4)14(11-21)24-17(5,6)20(18)15(22)23/h12-14,19H,15-16H2,1-11H3,(H,27,28);7-9,14,21H,10-11H2,1-6H3,(H,22,23)/t19-,24-;14-,18-/m11/s1. The van der Waals surface area contributed by atoms with Gasteiger partial charge < -0.3 is 29.2 Å². The van der Waals surface area contributed by atoms with Gasteiger partial charge in [-0.3, -0.25) is 19.8 Å². The maximum absolute atomic E-state index is 12.6. The van der Waals surface area contributed by atoms with Crippen LogP contribution in [0.2, 0.25) is 18.1 Å². The van der Waals surface area contributed by atoms with Crippen LogP contribution in [0.25, 0.3) is 0 Å². The van der Waals surface area contributed by atoms with Crippen molar-refractivity contribution in [2.24, 2.45) is 10.8 Å². The molecule has 0 saturated carbocycles. The third kappa shape index (κ3) is 9.06. The maximum atomic E-state index is 12.6. The summed E-state index contributed by atoms with van der Waals surface area (Å²) < 4.78 is 19.1. The summed E-state index contributed by atoms with van der Waals surface area (Å²) in [7, 11) is -2.05. The number of nitrogens with zero attached hydrogens (tertiary/aromatic N) is 4. The summed E-state index contributed by atoms with van der Waals surface area (Å²) in [6.07, 6.45) is 1.45. The highest BCUT2D eigenvalue weighted by molar-refractivity contribution is 6.74. The predicted molar refractivity (Wildman–Crippen MR) is 218 cm³/mol. The Kier molecular flexibility index (Phi) is 13.2. The van der Waals surface area contributed by atoms with Gasteiger partial charge in [0.05, 0.1) is 24.3 Å². The molecule has 2 fully saturated rings. The first-order valence-electron chi connectivity index (χ1n) is 19.3. The summed E-state index contributed by atoms with van der Waals surface area (Å²) in [6.45, 7) is 34.4. The molecule has 2 aliphatic rings. The monoisotopic (exact) mass is 786 g/mol. The molecule has 4 atom stereocenters. The fraction of sp³-hybridized carbons (Fsp3) is 0.714. The first kappa shape index (κ1) is 46.3. The molecule has 55 heavy (non-hydrogen) atoms. The van der Waals surface area contributed by atoms with E-state index in [9.17, 15) is 24.9 Å². The van der Waals surface area contributed by atoms with E-state index in [1.165, 1.54) is 9.80 Å². The van der Waals surface area contributed by atoms with Crippen LogP contribution >= 0.6 is 0 Å². The number of rotatable bonds is 8. The van der Waals surface area contributed by atoms with Crippen LogP contribution in [0.15, 0.2) is 36.7 Å². The van der Waals surface area contributed by atoms with E-state index >= 15 is 0 Å². The van der Waals surface area contributed by atoms with Gasteiger partial charge in [-0.2, -0.15) is 0 Å². The molecule has 2 saturated heterocycles. The van der Waals surface area contributed by atoms with Crippen LogP contribution in [-0.2, 0) is 26.7 Å². The number of carbonyl (C=O) groups is 2. The van der Waals surface area contributed by atoms with Crippen molar-refractivity contribution in [3.63, 3.8) is 0 Å². The Labute approximate surface area is 331 Å². The fourth-order valence-electron chi connectivity index (χ4n) is 8.51. The molecular weight excluding hydrogens is 717 g/mol. The second-order valence-electron chi connectivity index (χ2n) is 19.9. The lowest BCUT2D eigenvalue weighted by molar-refractivity contribution is -0.0772. The minimum atomic E-state index is -2.05. The maximum Gasteiger partial charge on any atom is 0.410 e. The predicted octanol–water partition coefficient (Wildman–Crippen LogP) is 8.68. The Hall–Kier alpha value is -3.10. The fourth-order valence-corrected chi connectivity index (χ4v) is 9.51. The van der Waals surface area contributed by atoms with E-state index in [-0.39, 0.29) is 11.6 Å². The van der Waals surface area contributed by atoms with Crippen molar-refractivity contribution in [1.82, 2.24) is 19.8 Å². The lowest BCUT2D eigenvalue weighted by Gasteiger charge is -2.51. The third-order valence-corrected chi connectivity index (χ3v) is 16.7. The Balaban J connectivity index is 0.000000305. The van der Waals surface area contributed by atoms with Crippen LogP contribution in [0.3, 0.4) is 0 Å². The van der Waals surface area contributed by atoms with Crippen molar-refractivity contribution in [2.75, 3.05) is 13.2 Å². The molecule has 12 nitrogen and oxygen atoms in total. The smallest absolute Gasteiger partial charge is 0.410 e. The van der Waals surface area contributed by atoms with Crippen LogP contribution in [0.1, 0.15) is 113 Å². The van der Waals surface area contributed by atoms with Crippen LogP contribution < -0.4 is 0 Å². The third-order valence-electron chi connectivity index (χ3n) is 12.2.